The summed E-state index contributed by atoms with van der Waals surface area (Å²) in [6.45, 7) is 6.77. The van der Waals surface area contributed by atoms with Gasteiger partial charge in [-0.05, 0) is 24.3 Å². The number of rotatable bonds is 5. The standard InChI is InChI=1S/C19H27N3O/c1-16(17-7-3-2-4-8-17)9-11-20-19(23)22-14-10-18(15-22)21-12-5-6-13-21/h2-8,16,18H,9-15H2,1H3,(H,20,23)/t16-,18+/m1/s1. The number of carbonyl (C=O) groups is 1. The molecule has 1 aromatic carbocycles. The largest absolute Gasteiger partial charge is 0.338 e. The van der Waals surface area contributed by atoms with Crippen LogP contribution in [0.3, 0.4) is 0 Å². The maximum atomic E-state index is 12.3. The normalized spacial score (nSPS) is 22.5. The van der Waals surface area contributed by atoms with Gasteiger partial charge >= 0.3 is 6.03 Å². The highest BCUT2D eigenvalue weighted by Crippen LogP contribution is 2.19. The molecule has 1 N–H and O–H groups in total. The van der Waals surface area contributed by atoms with Crippen LogP contribution < -0.4 is 5.32 Å². The summed E-state index contributed by atoms with van der Waals surface area (Å²) in [5.41, 5.74) is 1.34. The molecular formula is C19H27N3O. The molecule has 0 saturated carbocycles. The third-order valence-corrected chi connectivity index (χ3v) is 5.04. The van der Waals surface area contributed by atoms with Crippen LogP contribution in [0.5, 0.6) is 0 Å². The summed E-state index contributed by atoms with van der Waals surface area (Å²) in [5, 5.41) is 3.09. The molecule has 0 bridgehead atoms. The van der Waals surface area contributed by atoms with Crippen LogP contribution in [0, 0.1) is 0 Å². The van der Waals surface area contributed by atoms with Gasteiger partial charge in [0.2, 0.25) is 0 Å². The van der Waals surface area contributed by atoms with Crippen molar-refractivity contribution in [2.45, 2.75) is 31.7 Å². The first kappa shape index (κ1) is 16.1. The summed E-state index contributed by atoms with van der Waals surface area (Å²) in [7, 11) is 0. The number of amides is 2. The fourth-order valence-corrected chi connectivity index (χ4v) is 3.47. The van der Waals surface area contributed by atoms with E-state index in [1.54, 1.807) is 0 Å². The molecule has 124 valence electrons. The molecule has 23 heavy (non-hydrogen) atoms. The Balaban J connectivity index is 1.38. The van der Waals surface area contributed by atoms with Gasteiger partial charge in [0.1, 0.15) is 0 Å². The summed E-state index contributed by atoms with van der Waals surface area (Å²) in [5.74, 6) is 0.471. The average Bonchev–Trinajstić information content (AvgIpc) is 3.26. The van der Waals surface area contributed by atoms with Gasteiger partial charge in [-0.1, -0.05) is 49.4 Å². The Bertz CT molecular complexity index is 535. The SMILES string of the molecule is C[C@H](CCNC(=O)N1CC[C@H](N2CC=CC2)C1)c1ccccc1. The third-order valence-electron chi connectivity index (χ3n) is 5.04. The first-order valence-corrected chi connectivity index (χ1v) is 8.71. The molecule has 0 aromatic heterocycles. The quantitative estimate of drug-likeness (QED) is 0.849. The van der Waals surface area contributed by atoms with E-state index in [1.165, 1.54) is 5.56 Å². The van der Waals surface area contributed by atoms with E-state index in [0.717, 1.165) is 45.6 Å². The smallest absolute Gasteiger partial charge is 0.317 e. The molecule has 3 rings (SSSR count). The lowest BCUT2D eigenvalue weighted by molar-refractivity contribution is 0.200. The summed E-state index contributed by atoms with van der Waals surface area (Å²) < 4.78 is 0. The molecule has 2 amide bonds. The Labute approximate surface area is 139 Å². The van der Waals surface area contributed by atoms with Crippen LogP contribution in [-0.4, -0.2) is 54.6 Å². The molecule has 4 heteroatoms. The molecule has 2 aliphatic rings. The third kappa shape index (κ3) is 4.14. The second-order valence-corrected chi connectivity index (χ2v) is 6.65. The van der Waals surface area contributed by atoms with E-state index in [9.17, 15) is 4.79 Å². The van der Waals surface area contributed by atoms with Gasteiger partial charge in [-0.15, -0.1) is 0 Å². The molecule has 1 fully saturated rings. The Morgan fingerprint density at radius 2 is 2.00 bits per heavy atom. The number of hydrogen-bond donors (Lipinski definition) is 1. The van der Waals surface area contributed by atoms with Crippen molar-refractivity contribution in [3.8, 4) is 0 Å². The van der Waals surface area contributed by atoms with Crippen LogP contribution in [0.1, 0.15) is 31.2 Å². The number of carbonyl (C=O) groups excluding carboxylic acids is 1. The van der Waals surface area contributed by atoms with E-state index < -0.39 is 0 Å². The molecule has 0 spiro atoms. The molecular weight excluding hydrogens is 286 g/mol. The van der Waals surface area contributed by atoms with Crippen molar-refractivity contribution in [1.29, 1.82) is 0 Å². The Morgan fingerprint density at radius 3 is 2.74 bits per heavy atom. The second-order valence-electron chi connectivity index (χ2n) is 6.65. The lowest BCUT2D eigenvalue weighted by Gasteiger charge is -2.24. The van der Waals surface area contributed by atoms with E-state index in [1.807, 2.05) is 11.0 Å². The maximum absolute atomic E-state index is 12.3. The van der Waals surface area contributed by atoms with Gasteiger partial charge in [0.25, 0.3) is 0 Å². The summed E-state index contributed by atoms with van der Waals surface area (Å²) in [6.07, 6.45) is 6.50. The topological polar surface area (TPSA) is 35.6 Å². The monoisotopic (exact) mass is 313 g/mol. The van der Waals surface area contributed by atoms with Gasteiger partial charge in [-0.25, -0.2) is 4.79 Å². The van der Waals surface area contributed by atoms with Gasteiger partial charge in [0, 0.05) is 38.8 Å². The van der Waals surface area contributed by atoms with Crippen LogP contribution in [0.15, 0.2) is 42.5 Å². The highest BCUT2D eigenvalue weighted by Gasteiger charge is 2.30. The van der Waals surface area contributed by atoms with E-state index >= 15 is 0 Å². The van der Waals surface area contributed by atoms with Crippen LogP contribution in [-0.2, 0) is 0 Å². The number of nitrogens with zero attached hydrogens (tertiary/aromatic N) is 2. The van der Waals surface area contributed by atoms with E-state index in [0.29, 0.717) is 12.0 Å². The number of benzene rings is 1. The fraction of sp³-hybridized carbons (Fsp3) is 0.526. The number of hydrogen-bond acceptors (Lipinski definition) is 2. The van der Waals surface area contributed by atoms with Crippen LogP contribution in [0.4, 0.5) is 4.79 Å². The Hall–Kier alpha value is -1.81. The molecule has 2 aliphatic heterocycles. The van der Waals surface area contributed by atoms with Crippen molar-refractivity contribution in [2.75, 3.05) is 32.7 Å². The minimum atomic E-state index is 0.0971. The van der Waals surface area contributed by atoms with Gasteiger partial charge in [0.15, 0.2) is 0 Å². The van der Waals surface area contributed by atoms with Crippen molar-refractivity contribution in [3.63, 3.8) is 0 Å². The van der Waals surface area contributed by atoms with Crippen molar-refractivity contribution in [2.24, 2.45) is 0 Å². The van der Waals surface area contributed by atoms with Gasteiger partial charge in [-0.3, -0.25) is 4.90 Å². The molecule has 0 unspecified atom stereocenters. The predicted octanol–water partition coefficient (Wildman–Crippen LogP) is 2.84. The van der Waals surface area contributed by atoms with Crippen LogP contribution in [0.2, 0.25) is 0 Å². The lowest BCUT2D eigenvalue weighted by atomic mass is 9.98. The molecule has 0 radical (unpaired) electrons. The lowest BCUT2D eigenvalue weighted by Crippen LogP contribution is -2.42. The first-order valence-electron chi connectivity index (χ1n) is 8.71. The highest BCUT2D eigenvalue weighted by molar-refractivity contribution is 5.74. The Kier molecular flexibility index (Phi) is 5.34. The number of urea groups is 1. The van der Waals surface area contributed by atoms with Gasteiger partial charge in [-0.2, -0.15) is 0 Å². The van der Waals surface area contributed by atoms with Crippen molar-refractivity contribution in [3.05, 3.63) is 48.0 Å². The minimum Gasteiger partial charge on any atom is -0.338 e. The molecule has 0 aliphatic carbocycles. The summed E-state index contributed by atoms with van der Waals surface area (Å²) >= 11 is 0. The van der Waals surface area contributed by atoms with Crippen molar-refractivity contribution in [1.82, 2.24) is 15.1 Å². The van der Waals surface area contributed by atoms with Gasteiger partial charge < -0.3 is 10.2 Å². The second kappa shape index (κ2) is 7.64. The zero-order chi connectivity index (χ0) is 16.1. The van der Waals surface area contributed by atoms with Crippen molar-refractivity contribution < 1.29 is 4.79 Å². The number of nitrogens with one attached hydrogen (secondary N) is 1. The molecule has 2 heterocycles. The zero-order valence-electron chi connectivity index (χ0n) is 13.9. The minimum absolute atomic E-state index is 0.0971. The Morgan fingerprint density at radius 1 is 1.26 bits per heavy atom. The fourth-order valence-electron chi connectivity index (χ4n) is 3.47. The zero-order valence-corrected chi connectivity index (χ0v) is 13.9. The van der Waals surface area contributed by atoms with Crippen molar-refractivity contribution >= 4 is 6.03 Å². The highest BCUT2D eigenvalue weighted by atomic mass is 16.2. The first-order chi connectivity index (χ1) is 11.2. The van der Waals surface area contributed by atoms with Crippen LogP contribution >= 0.6 is 0 Å². The van der Waals surface area contributed by atoms with Gasteiger partial charge in [0.05, 0.1) is 0 Å². The summed E-state index contributed by atoms with van der Waals surface area (Å²) in [6, 6.07) is 11.1. The summed E-state index contributed by atoms with van der Waals surface area (Å²) in [4.78, 5) is 16.7. The predicted molar refractivity (Wildman–Crippen MR) is 93.6 cm³/mol. The van der Waals surface area contributed by atoms with E-state index in [4.69, 9.17) is 0 Å². The molecule has 1 saturated heterocycles. The van der Waals surface area contributed by atoms with E-state index in [-0.39, 0.29) is 6.03 Å². The van der Waals surface area contributed by atoms with Crippen LogP contribution in [0.25, 0.3) is 0 Å². The molecule has 1 aromatic rings. The maximum Gasteiger partial charge on any atom is 0.317 e. The molecule has 4 nitrogen and oxygen atoms in total. The average molecular weight is 313 g/mol. The number of likely N-dealkylation sites (tertiary alicyclic amines) is 1. The molecule has 2 atom stereocenters. The van der Waals surface area contributed by atoms with E-state index in [2.05, 4.69) is 53.6 Å².